The Morgan fingerprint density at radius 1 is 1.41 bits per heavy atom. The average Bonchev–Trinajstić information content (AvgIpc) is 2.38. The number of ether oxygens (including phenoxy) is 1. The van der Waals surface area contributed by atoms with Crippen molar-refractivity contribution >= 4 is 29.3 Å². The molecule has 0 aromatic heterocycles. The van der Waals surface area contributed by atoms with Crippen LogP contribution in [0.4, 0.5) is 5.69 Å². The highest BCUT2D eigenvalue weighted by Gasteiger charge is 2.32. The van der Waals surface area contributed by atoms with Gasteiger partial charge in [0.1, 0.15) is 0 Å². The molecule has 0 spiro atoms. The fourth-order valence-corrected chi connectivity index (χ4v) is 2.79. The molecular weight excluding hydrogens is 238 g/mol. The molecule has 0 saturated carbocycles. The number of carbonyl (C=O) groups is 2. The highest BCUT2D eigenvalue weighted by Crippen LogP contribution is 2.35. The Kier molecular flexibility index (Phi) is 3.38. The Bertz CT molecular complexity index is 461. The first-order valence-corrected chi connectivity index (χ1v) is 6.19. The van der Waals surface area contributed by atoms with Crippen LogP contribution in [0, 0.1) is 0 Å². The van der Waals surface area contributed by atoms with Crippen molar-refractivity contribution in [1.82, 2.24) is 0 Å². The number of carbonyl (C=O) groups excluding carboxylic acids is 2. The molecule has 0 fully saturated rings. The number of thioether (sulfide) groups is 1. The predicted molar refractivity (Wildman–Crippen MR) is 65.9 cm³/mol. The molecule has 2 atom stereocenters. The number of para-hydroxylation sites is 1. The van der Waals surface area contributed by atoms with Crippen molar-refractivity contribution in [2.24, 2.45) is 0 Å². The number of rotatable bonds is 1. The van der Waals surface area contributed by atoms with E-state index < -0.39 is 12.1 Å². The van der Waals surface area contributed by atoms with Crippen LogP contribution in [0.1, 0.15) is 13.8 Å². The van der Waals surface area contributed by atoms with E-state index in [0.29, 0.717) is 0 Å². The summed E-state index contributed by atoms with van der Waals surface area (Å²) in [6.07, 6.45) is -0.745. The van der Waals surface area contributed by atoms with Gasteiger partial charge in [-0.15, -0.1) is 11.8 Å². The maximum atomic E-state index is 11.9. The van der Waals surface area contributed by atoms with Gasteiger partial charge in [-0.05, 0) is 19.1 Å². The third-order valence-corrected chi connectivity index (χ3v) is 3.66. The van der Waals surface area contributed by atoms with Crippen molar-refractivity contribution in [3.05, 3.63) is 24.3 Å². The SMILES string of the molecule is CC(=O)OC1C(=O)Nc2ccccc2SC1C. The third-order valence-electron chi connectivity index (χ3n) is 2.44. The average molecular weight is 251 g/mol. The van der Waals surface area contributed by atoms with E-state index in [1.807, 2.05) is 31.2 Å². The minimum absolute atomic E-state index is 0.109. The van der Waals surface area contributed by atoms with Crippen LogP contribution in [0.15, 0.2) is 29.2 Å². The zero-order chi connectivity index (χ0) is 12.4. The zero-order valence-corrected chi connectivity index (χ0v) is 10.4. The van der Waals surface area contributed by atoms with Crippen molar-refractivity contribution in [3.8, 4) is 0 Å². The van der Waals surface area contributed by atoms with E-state index >= 15 is 0 Å². The number of benzene rings is 1. The van der Waals surface area contributed by atoms with Crippen molar-refractivity contribution in [2.75, 3.05) is 5.32 Å². The van der Waals surface area contributed by atoms with Crippen LogP contribution in [0.2, 0.25) is 0 Å². The third kappa shape index (κ3) is 2.61. The summed E-state index contributed by atoms with van der Waals surface area (Å²) in [6.45, 7) is 3.18. The number of fused-ring (bicyclic) bond motifs is 1. The summed E-state index contributed by atoms with van der Waals surface area (Å²) in [5.41, 5.74) is 0.768. The normalized spacial score (nSPS) is 23.3. The minimum Gasteiger partial charge on any atom is -0.451 e. The molecule has 0 radical (unpaired) electrons. The number of hydrogen-bond acceptors (Lipinski definition) is 4. The molecule has 2 unspecified atom stereocenters. The topological polar surface area (TPSA) is 55.4 Å². The fraction of sp³-hybridized carbons (Fsp3) is 0.333. The fourth-order valence-electron chi connectivity index (χ4n) is 1.68. The van der Waals surface area contributed by atoms with Gasteiger partial charge in [-0.2, -0.15) is 0 Å². The lowest BCUT2D eigenvalue weighted by atomic mass is 10.2. The van der Waals surface area contributed by atoms with Gasteiger partial charge < -0.3 is 10.1 Å². The Morgan fingerprint density at radius 2 is 2.12 bits per heavy atom. The van der Waals surface area contributed by atoms with Crippen LogP contribution in [-0.2, 0) is 14.3 Å². The summed E-state index contributed by atoms with van der Waals surface area (Å²) in [6, 6.07) is 7.55. The molecule has 1 heterocycles. The molecule has 1 aliphatic rings. The van der Waals surface area contributed by atoms with Crippen molar-refractivity contribution in [3.63, 3.8) is 0 Å². The number of amides is 1. The highest BCUT2D eigenvalue weighted by atomic mass is 32.2. The smallest absolute Gasteiger partial charge is 0.303 e. The van der Waals surface area contributed by atoms with Crippen molar-refractivity contribution in [2.45, 2.75) is 30.1 Å². The number of nitrogens with one attached hydrogen (secondary N) is 1. The predicted octanol–water partition coefficient (Wildman–Crippen LogP) is 2.05. The second kappa shape index (κ2) is 4.79. The lowest BCUT2D eigenvalue weighted by Gasteiger charge is -2.18. The van der Waals surface area contributed by atoms with Gasteiger partial charge in [0.15, 0.2) is 6.10 Å². The van der Waals surface area contributed by atoms with E-state index in [1.165, 1.54) is 18.7 Å². The van der Waals surface area contributed by atoms with Gasteiger partial charge in [-0.1, -0.05) is 12.1 Å². The van der Waals surface area contributed by atoms with Gasteiger partial charge in [0.05, 0.1) is 10.9 Å². The number of esters is 1. The first-order valence-electron chi connectivity index (χ1n) is 5.31. The summed E-state index contributed by atoms with van der Waals surface area (Å²) in [4.78, 5) is 23.9. The molecular formula is C12H13NO3S. The Morgan fingerprint density at radius 3 is 2.82 bits per heavy atom. The molecule has 0 aliphatic carbocycles. The molecule has 5 heteroatoms. The molecule has 1 amide bonds. The molecule has 4 nitrogen and oxygen atoms in total. The van der Waals surface area contributed by atoms with Gasteiger partial charge in [-0.3, -0.25) is 9.59 Å². The van der Waals surface area contributed by atoms with E-state index in [1.54, 1.807) is 0 Å². The summed E-state index contributed by atoms with van der Waals surface area (Å²) in [7, 11) is 0. The molecule has 2 rings (SSSR count). The van der Waals surface area contributed by atoms with Crippen LogP contribution >= 0.6 is 11.8 Å². The van der Waals surface area contributed by atoms with Crippen molar-refractivity contribution in [1.29, 1.82) is 0 Å². The van der Waals surface area contributed by atoms with Gasteiger partial charge in [0.2, 0.25) is 0 Å². The Hall–Kier alpha value is -1.49. The van der Waals surface area contributed by atoms with Crippen LogP contribution in [0.25, 0.3) is 0 Å². The lowest BCUT2D eigenvalue weighted by molar-refractivity contribution is -0.151. The quantitative estimate of drug-likeness (QED) is 0.776. The minimum atomic E-state index is -0.745. The molecule has 1 N–H and O–H groups in total. The highest BCUT2D eigenvalue weighted by molar-refractivity contribution is 8.00. The van der Waals surface area contributed by atoms with E-state index in [9.17, 15) is 9.59 Å². The van der Waals surface area contributed by atoms with E-state index in [2.05, 4.69) is 5.32 Å². The first-order chi connectivity index (χ1) is 8.08. The van der Waals surface area contributed by atoms with Crippen LogP contribution in [0.5, 0.6) is 0 Å². The van der Waals surface area contributed by atoms with Gasteiger partial charge in [0.25, 0.3) is 5.91 Å². The summed E-state index contributed by atoms with van der Waals surface area (Å²) < 4.78 is 5.06. The van der Waals surface area contributed by atoms with E-state index in [0.717, 1.165) is 10.6 Å². The lowest BCUT2D eigenvalue weighted by Crippen LogP contribution is -2.37. The molecule has 90 valence electrons. The van der Waals surface area contributed by atoms with Crippen LogP contribution in [-0.4, -0.2) is 23.2 Å². The maximum Gasteiger partial charge on any atom is 0.303 e. The molecule has 1 aromatic rings. The molecule has 1 aromatic carbocycles. The van der Waals surface area contributed by atoms with Crippen LogP contribution in [0.3, 0.4) is 0 Å². The van der Waals surface area contributed by atoms with Gasteiger partial charge >= 0.3 is 5.97 Å². The van der Waals surface area contributed by atoms with Crippen LogP contribution < -0.4 is 5.32 Å². The second-order valence-corrected chi connectivity index (χ2v) is 5.26. The maximum absolute atomic E-state index is 11.9. The monoisotopic (exact) mass is 251 g/mol. The van der Waals surface area contributed by atoms with Gasteiger partial charge in [0, 0.05) is 11.8 Å². The molecule has 1 aliphatic heterocycles. The second-order valence-electron chi connectivity index (χ2n) is 3.84. The van der Waals surface area contributed by atoms with E-state index in [4.69, 9.17) is 4.74 Å². The summed E-state index contributed by atoms with van der Waals surface area (Å²) in [5, 5.41) is 2.66. The Balaban J connectivity index is 2.28. The largest absolute Gasteiger partial charge is 0.451 e. The summed E-state index contributed by atoms with van der Waals surface area (Å²) in [5.74, 6) is -0.714. The van der Waals surface area contributed by atoms with Crippen molar-refractivity contribution < 1.29 is 14.3 Å². The first kappa shape index (κ1) is 12.0. The number of anilines is 1. The molecule has 17 heavy (non-hydrogen) atoms. The van der Waals surface area contributed by atoms with E-state index in [-0.39, 0.29) is 11.2 Å². The zero-order valence-electron chi connectivity index (χ0n) is 9.60. The molecule has 0 saturated heterocycles. The Labute approximate surface area is 104 Å². The van der Waals surface area contributed by atoms with Gasteiger partial charge in [-0.25, -0.2) is 0 Å². The standard InChI is InChI=1S/C12H13NO3S/c1-7-11(16-8(2)14)12(15)13-9-5-3-4-6-10(9)17-7/h3-7,11H,1-2H3,(H,13,15). The number of hydrogen-bond donors (Lipinski definition) is 1. The summed E-state index contributed by atoms with van der Waals surface area (Å²) >= 11 is 1.53. The molecule has 0 bridgehead atoms.